The van der Waals surface area contributed by atoms with Gasteiger partial charge in [0.25, 0.3) is 0 Å². The Bertz CT molecular complexity index is 251. The number of alkyl halides is 1. The number of hydrogen-bond donors (Lipinski definition) is 1. The van der Waals surface area contributed by atoms with Crippen LogP contribution in [-0.4, -0.2) is 18.1 Å². The number of halogens is 1. The number of nitrogens with one attached hydrogen (secondary N) is 1. The van der Waals surface area contributed by atoms with E-state index in [2.05, 4.69) is 40.3 Å². The Kier molecular flexibility index (Phi) is 5.15. The van der Waals surface area contributed by atoms with Gasteiger partial charge in [-0.2, -0.15) is 0 Å². The van der Waals surface area contributed by atoms with Crippen molar-refractivity contribution in [2.75, 3.05) is 7.05 Å². The van der Waals surface area contributed by atoms with Crippen LogP contribution in [0.2, 0.25) is 0 Å². The van der Waals surface area contributed by atoms with Crippen molar-refractivity contribution in [2.24, 2.45) is 0 Å². The van der Waals surface area contributed by atoms with Gasteiger partial charge in [0.2, 0.25) is 0 Å². The predicted octanol–water partition coefficient (Wildman–Crippen LogP) is 2.53. The fourth-order valence-corrected chi connectivity index (χ4v) is 1.62. The number of rotatable bonds is 5. The van der Waals surface area contributed by atoms with Crippen molar-refractivity contribution in [2.45, 2.75) is 24.6 Å². The fraction of sp³-hybridized carbons (Fsp3) is 0.455. The van der Waals surface area contributed by atoms with Crippen molar-refractivity contribution >= 4 is 15.9 Å². The molecule has 14 heavy (non-hydrogen) atoms. The fourth-order valence-electron chi connectivity index (χ4n) is 1.21. The number of benzene rings is 1. The number of hydrogen-bond acceptors (Lipinski definition) is 2. The summed E-state index contributed by atoms with van der Waals surface area (Å²) in [5.74, 6) is 0. The summed E-state index contributed by atoms with van der Waals surface area (Å²) in [5.41, 5.74) is 1.20. The summed E-state index contributed by atoms with van der Waals surface area (Å²) in [6, 6.07) is 10.2. The van der Waals surface area contributed by atoms with Gasteiger partial charge in [0, 0.05) is 0 Å². The van der Waals surface area contributed by atoms with Crippen molar-refractivity contribution in [3.63, 3.8) is 0 Å². The molecule has 2 nitrogen and oxygen atoms in total. The zero-order chi connectivity index (χ0) is 10.4. The van der Waals surface area contributed by atoms with E-state index in [1.54, 1.807) is 0 Å². The Labute approximate surface area is 93.8 Å². The predicted molar refractivity (Wildman–Crippen MR) is 62.5 cm³/mol. The third-order valence-electron chi connectivity index (χ3n) is 1.97. The molecule has 1 unspecified atom stereocenters. The van der Waals surface area contributed by atoms with E-state index in [-0.39, 0.29) is 6.23 Å². The molecule has 78 valence electrons. The smallest absolute Gasteiger partial charge is 0.120 e. The van der Waals surface area contributed by atoms with Gasteiger partial charge < -0.3 is 4.74 Å². The van der Waals surface area contributed by atoms with Crippen molar-refractivity contribution in [1.29, 1.82) is 0 Å². The summed E-state index contributed by atoms with van der Waals surface area (Å²) in [6.45, 7) is 2.70. The average molecular weight is 258 g/mol. The van der Waals surface area contributed by atoms with Crippen LogP contribution in [0.1, 0.15) is 12.5 Å². The van der Waals surface area contributed by atoms with Crippen LogP contribution in [0, 0.1) is 0 Å². The quantitative estimate of drug-likeness (QED) is 0.647. The molecule has 0 fully saturated rings. The Balaban J connectivity index is 2.40. The molecule has 1 aromatic carbocycles. The van der Waals surface area contributed by atoms with Crippen LogP contribution in [-0.2, 0) is 11.3 Å². The van der Waals surface area contributed by atoms with E-state index < -0.39 is 0 Å². The second-order valence-electron chi connectivity index (χ2n) is 3.18. The Hall–Kier alpha value is -0.380. The maximum Gasteiger partial charge on any atom is 0.120 e. The highest BCUT2D eigenvalue weighted by Gasteiger charge is 2.11. The standard InChI is InChI=1S/C11H16BrNO/c1-9(12)11(13-2)14-8-10-6-4-3-5-7-10/h3-7,9,11,13H,8H2,1-2H3/t9-,11?/m0/s1. The first-order valence-electron chi connectivity index (χ1n) is 4.71. The summed E-state index contributed by atoms with van der Waals surface area (Å²) in [4.78, 5) is 0.302. The molecule has 0 aliphatic heterocycles. The molecule has 3 heteroatoms. The van der Waals surface area contributed by atoms with Crippen molar-refractivity contribution < 1.29 is 4.74 Å². The van der Waals surface area contributed by atoms with E-state index in [9.17, 15) is 0 Å². The van der Waals surface area contributed by atoms with Gasteiger partial charge in [-0.15, -0.1) is 0 Å². The maximum absolute atomic E-state index is 5.68. The summed E-state index contributed by atoms with van der Waals surface area (Å²) < 4.78 is 5.68. The third-order valence-corrected chi connectivity index (χ3v) is 2.45. The van der Waals surface area contributed by atoms with Crippen LogP contribution in [0.25, 0.3) is 0 Å². The molecular weight excluding hydrogens is 242 g/mol. The zero-order valence-electron chi connectivity index (χ0n) is 8.53. The third kappa shape index (κ3) is 3.78. The second-order valence-corrected chi connectivity index (χ2v) is 4.63. The van der Waals surface area contributed by atoms with Gasteiger partial charge in [-0.25, -0.2) is 0 Å². The lowest BCUT2D eigenvalue weighted by atomic mass is 10.2. The van der Waals surface area contributed by atoms with Crippen molar-refractivity contribution in [3.05, 3.63) is 35.9 Å². The molecule has 0 heterocycles. The first kappa shape index (κ1) is 11.7. The lowest BCUT2D eigenvalue weighted by Gasteiger charge is -2.19. The average Bonchev–Trinajstić information content (AvgIpc) is 2.20. The molecule has 1 rings (SSSR count). The SMILES string of the molecule is CNC(OCc1ccccc1)[C@H](C)Br. The van der Waals surface area contributed by atoms with Gasteiger partial charge >= 0.3 is 0 Å². The largest absolute Gasteiger partial charge is 0.358 e. The Morgan fingerprint density at radius 1 is 1.36 bits per heavy atom. The molecule has 1 N–H and O–H groups in total. The number of ether oxygens (including phenoxy) is 1. The van der Waals surface area contributed by atoms with E-state index >= 15 is 0 Å². The Morgan fingerprint density at radius 2 is 2.00 bits per heavy atom. The molecule has 2 atom stereocenters. The highest BCUT2D eigenvalue weighted by molar-refractivity contribution is 9.09. The maximum atomic E-state index is 5.68. The van der Waals surface area contributed by atoms with E-state index in [0.29, 0.717) is 11.4 Å². The van der Waals surface area contributed by atoms with Gasteiger partial charge in [0.15, 0.2) is 0 Å². The molecule has 0 aromatic heterocycles. The summed E-state index contributed by atoms with van der Waals surface area (Å²) >= 11 is 3.49. The molecule has 0 radical (unpaired) electrons. The van der Waals surface area contributed by atoms with Crippen LogP contribution in [0.3, 0.4) is 0 Å². The normalized spacial score (nSPS) is 15.1. The molecular formula is C11H16BrNO. The molecule has 0 spiro atoms. The van der Waals surface area contributed by atoms with Crippen LogP contribution in [0.4, 0.5) is 0 Å². The Morgan fingerprint density at radius 3 is 2.50 bits per heavy atom. The molecule has 0 amide bonds. The first-order valence-corrected chi connectivity index (χ1v) is 5.62. The van der Waals surface area contributed by atoms with Crippen LogP contribution in [0.15, 0.2) is 30.3 Å². The summed E-state index contributed by atoms with van der Waals surface area (Å²) in [7, 11) is 1.90. The zero-order valence-corrected chi connectivity index (χ0v) is 10.1. The molecule has 0 aliphatic carbocycles. The molecule has 0 bridgehead atoms. The highest BCUT2D eigenvalue weighted by atomic mass is 79.9. The van der Waals surface area contributed by atoms with E-state index in [1.807, 2.05) is 25.2 Å². The lowest BCUT2D eigenvalue weighted by molar-refractivity contribution is 0.0255. The highest BCUT2D eigenvalue weighted by Crippen LogP contribution is 2.09. The second kappa shape index (κ2) is 6.17. The first-order chi connectivity index (χ1) is 6.74. The monoisotopic (exact) mass is 257 g/mol. The van der Waals surface area contributed by atoms with Gasteiger partial charge in [0.1, 0.15) is 6.23 Å². The van der Waals surface area contributed by atoms with Crippen LogP contribution in [0.5, 0.6) is 0 Å². The summed E-state index contributed by atoms with van der Waals surface area (Å²) in [5, 5.41) is 3.10. The van der Waals surface area contributed by atoms with Crippen molar-refractivity contribution in [3.8, 4) is 0 Å². The molecule has 1 aromatic rings. The van der Waals surface area contributed by atoms with E-state index in [4.69, 9.17) is 4.74 Å². The van der Waals surface area contributed by atoms with E-state index in [0.717, 1.165) is 0 Å². The molecule has 0 aliphatic rings. The summed E-state index contributed by atoms with van der Waals surface area (Å²) in [6.07, 6.45) is 0.0511. The molecule has 0 saturated carbocycles. The van der Waals surface area contributed by atoms with Gasteiger partial charge in [-0.3, -0.25) is 5.32 Å². The van der Waals surface area contributed by atoms with E-state index in [1.165, 1.54) is 5.56 Å². The minimum atomic E-state index is 0.0511. The van der Waals surface area contributed by atoms with Crippen LogP contribution >= 0.6 is 15.9 Å². The van der Waals surface area contributed by atoms with Gasteiger partial charge in [0.05, 0.1) is 11.4 Å². The van der Waals surface area contributed by atoms with Crippen LogP contribution < -0.4 is 5.32 Å². The van der Waals surface area contributed by atoms with Gasteiger partial charge in [-0.1, -0.05) is 46.3 Å². The topological polar surface area (TPSA) is 21.3 Å². The van der Waals surface area contributed by atoms with Crippen molar-refractivity contribution in [1.82, 2.24) is 5.32 Å². The van der Waals surface area contributed by atoms with Gasteiger partial charge in [-0.05, 0) is 19.5 Å². The minimum absolute atomic E-state index is 0.0511. The lowest BCUT2D eigenvalue weighted by Crippen LogP contribution is -2.35. The molecule has 0 saturated heterocycles. The minimum Gasteiger partial charge on any atom is -0.358 e.